The van der Waals surface area contributed by atoms with Crippen LogP contribution >= 0.6 is 0 Å². The molecule has 0 aromatic heterocycles. The number of hydrogen-bond acceptors (Lipinski definition) is 0. The van der Waals surface area contributed by atoms with E-state index in [2.05, 4.69) is 0 Å². The maximum absolute atomic E-state index is 2.00. The van der Waals surface area contributed by atoms with E-state index in [4.69, 9.17) is 0 Å². The predicted octanol–water partition coefficient (Wildman–Crippen LogP) is 5.62. The molecule has 0 heterocycles. The van der Waals surface area contributed by atoms with Crippen LogP contribution in [0.25, 0.3) is 0 Å². The topological polar surface area (TPSA) is 0 Å². The van der Waals surface area contributed by atoms with Gasteiger partial charge in [-0.15, -0.1) is 0 Å². The van der Waals surface area contributed by atoms with E-state index in [1.54, 1.807) is 0 Å². The number of rotatable bonds is 0. The zero-order valence-corrected chi connectivity index (χ0v) is 14.3. The van der Waals surface area contributed by atoms with Crippen molar-refractivity contribution in [3.05, 3.63) is 121 Å². The Morgan fingerprint density at radius 3 is 0.455 bits per heavy atom. The normalized spacial score (nSPS) is 7.27. The molecule has 0 saturated carbocycles. The molecule has 0 nitrogen and oxygen atoms in total. The summed E-state index contributed by atoms with van der Waals surface area (Å²) in [4.78, 5) is 0. The van der Waals surface area contributed by atoms with E-state index in [1.807, 2.05) is 121 Å². The second-order valence-corrected chi connectivity index (χ2v) is 3.85. The van der Waals surface area contributed by atoms with Crippen LogP contribution in [0.5, 0.6) is 0 Å². The molecular weight excluding hydrogens is 358 g/mol. The third kappa shape index (κ3) is 16.5. The van der Waals surface area contributed by atoms with E-state index < -0.39 is 0 Å². The summed E-state index contributed by atoms with van der Waals surface area (Å²) in [5.74, 6) is 0. The first-order chi connectivity index (χ1) is 10.0. The zero-order valence-electron chi connectivity index (χ0n) is 12.2. The van der Waals surface area contributed by atoms with Gasteiger partial charge in [0, 0.05) is 0 Å². The van der Waals surface area contributed by atoms with Gasteiger partial charge in [-0.05, 0) is 0 Å². The van der Waals surface area contributed by atoms with Gasteiger partial charge in [-0.1, -0.05) is 0 Å². The average Bonchev–Trinajstić information content (AvgIpc) is 3.40. The van der Waals surface area contributed by atoms with Crippen molar-refractivity contribution in [3.8, 4) is 0 Å². The summed E-state index contributed by atoms with van der Waals surface area (Å²) < 4.78 is 0. The molecule has 0 saturated heterocycles. The van der Waals surface area contributed by atoms with E-state index in [0.29, 0.717) is 0 Å². The molecule has 0 atom stereocenters. The van der Waals surface area contributed by atoms with Gasteiger partial charge in [0.25, 0.3) is 0 Å². The minimum Gasteiger partial charge on any atom is -0.214 e. The van der Waals surface area contributed by atoms with Crippen molar-refractivity contribution in [3.63, 3.8) is 0 Å². The Balaban J connectivity index is 0. The van der Waals surface area contributed by atoms with Crippen molar-refractivity contribution in [1.82, 2.24) is 0 Å². The predicted molar refractivity (Wildman–Crippen MR) is 88.1 cm³/mol. The molecule has 0 bridgehead atoms. The molecule has 4 aromatic rings. The van der Waals surface area contributed by atoms with Gasteiger partial charge in [0.2, 0.25) is 0 Å². The molecule has 2 radical (unpaired) electrons. The summed E-state index contributed by atoms with van der Waals surface area (Å²) in [6.07, 6.45) is 0. The molecule has 0 aliphatic heterocycles. The molecule has 4 rings (SSSR count). The SMILES string of the molecule is [Co+2].[Co+2].c1cc[cH-]c1.c1cc[cH-]c1.c1cc[cH-]c1.c1cc[cH-]c1. The molecule has 0 fully saturated rings. The van der Waals surface area contributed by atoms with Crippen molar-refractivity contribution in [2.75, 3.05) is 0 Å². The van der Waals surface area contributed by atoms with Crippen molar-refractivity contribution >= 4 is 0 Å². The van der Waals surface area contributed by atoms with Crippen LogP contribution in [0.2, 0.25) is 0 Å². The van der Waals surface area contributed by atoms with E-state index in [-0.39, 0.29) is 33.6 Å². The summed E-state index contributed by atoms with van der Waals surface area (Å²) in [7, 11) is 0. The van der Waals surface area contributed by atoms with Gasteiger partial charge >= 0.3 is 33.6 Å². The quantitative estimate of drug-likeness (QED) is 0.349. The Kier molecular flexibility index (Phi) is 20.0. The summed E-state index contributed by atoms with van der Waals surface area (Å²) >= 11 is 0. The molecule has 22 heavy (non-hydrogen) atoms. The second-order valence-electron chi connectivity index (χ2n) is 3.85. The summed E-state index contributed by atoms with van der Waals surface area (Å²) in [5, 5.41) is 0. The number of hydrogen-bond donors (Lipinski definition) is 0. The fourth-order valence-electron chi connectivity index (χ4n) is 1.28. The summed E-state index contributed by atoms with van der Waals surface area (Å²) in [6.45, 7) is 0. The molecule has 0 amide bonds. The Morgan fingerprint density at radius 2 is 0.409 bits per heavy atom. The molecular formula is C20H20Co2. The van der Waals surface area contributed by atoms with E-state index in [9.17, 15) is 0 Å². The molecule has 4 aromatic carbocycles. The molecule has 0 aliphatic rings. The molecule has 0 unspecified atom stereocenters. The van der Waals surface area contributed by atoms with Crippen LogP contribution in [0.3, 0.4) is 0 Å². The van der Waals surface area contributed by atoms with Crippen LogP contribution in [0.1, 0.15) is 0 Å². The van der Waals surface area contributed by atoms with Gasteiger partial charge in [-0.2, -0.15) is 72.8 Å². The Hall–Kier alpha value is -1.59. The monoisotopic (exact) mass is 378 g/mol. The maximum atomic E-state index is 2.00. The largest absolute Gasteiger partial charge is 2.00 e. The Bertz CT molecular complexity index is 341. The average molecular weight is 378 g/mol. The van der Waals surface area contributed by atoms with Crippen LogP contribution < -0.4 is 0 Å². The smallest absolute Gasteiger partial charge is 0.214 e. The summed E-state index contributed by atoms with van der Waals surface area (Å²) in [5.41, 5.74) is 0. The molecule has 0 aliphatic carbocycles. The van der Waals surface area contributed by atoms with Gasteiger partial charge in [-0.25, -0.2) is 48.5 Å². The first kappa shape index (κ1) is 22.7. The van der Waals surface area contributed by atoms with Gasteiger partial charge in [-0.3, -0.25) is 0 Å². The first-order valence-corrected chi connectivity index (χ1v) is 6.67. The summed E-state index contributed by atoms with van der Waals surface area (Å²) in [6, 6.07) is 40.0. The van der Waals surface area contributed by atoms with E-state index >= 15 is 0 Å². The van der Waals surface area contributed by atoms with E-state index in [0.717, 1.165) is 0 Å². The molecule has 0 N–H and O–H groups in total. The first-order valence-electron chi connectivity index (χ1n) is 6.67. The van der Waals surface area contributed by atoms with Gasteiger partial charge < -0.3 is 0 Å². The van der Waals surface area contributed by atoms with Crippen molar-refractivity contribution in [1.29, 1.82) is 0 Å². The van der Waals surface area contributed by atoms with Crippen LogP contribution in [0, 0.1) is 0 Å². The third-order valence-electron chi connectivity index (χ3n) is 2.22. The van der Waals surface area contributed by atoms with Crippen molar-refractivity contribution in [2.45, 2.75) is 0 Å². The Morgan fingerprint density at radius 1 is 0.273 bits per heavy atom. The fraction of sp³-hybridized carbons (Fsp3) is 0. The van der Waals surface area contributed by atoms with Crippen molar-refractivity contribution in [2.24, 2.45) is 0 Å². The van der Waals surface area contributed by atoms with Crippen LogP contribution in [-0.4, -0.2) is 0 Å². The van der Waals surface area contributed by atoms with E-state index in [1.165, 1.54) is 0 Å². The Labute approximate surface area is 154 Å². The molecule has 0 spiro atoms. The zero-order chi connectivity index (χ0) is 14.1. The van der Waals surface area contributed by atoms with Crippen LogP contribution in [0.15, 0.2) is 121 Å². The minimum atomic E-state index is 0. The molecule has 118 valence electrons. The van der Waals surface area contributed by atoms with Crippen LogP contribution in [-0.2, 0) is 33.6 Å². The van der Waals surface area contributed by atoms with Gasteiger partial charge in [0.15, 0.2) is 0 Å². The van der Waals surface area contributed by atoms with Crippen LogP contribution in [0.4, 0.5) is 0 Å². The standard InChI is InChI=1S/4C5H5.2Co/c4*1-2-4-5-3-1;;/h4*1-5H;;/q4*-1;2*+2. The second kappa shape index (κ2) is 19.4. The minimum absolute atomic E-state index is 0. The third-order valence-corrected chi connectivity index (χ3v) is 2.22. The van der Waals surface area contributed by atoms with Gasteiger partial charge in [0.05, 0.1) is 0 Å². The molecule has 2 heteroatoms. The fourth-order valence-corrected chi connectivity index (χ4v) is 1.28. The maximum Gasteiger partial charge on any atom is 2.00 e. The van der Waals surface area contributed by atoms with Crippen molar-refractivity contribution < 1.29 is 33.6 Å². The van der Waals surface area contributed by atoms with Gasteiger partial charge in [0.1, 0.15) is 0 Å².